The first-order valence-electron chi connectivity index (χ1n) is 23.7. The van der Waals surface area contributed by atoms with Crippen molar-refractivity contribution in [2.45, 2.75) is 246 Å². The maximum Gasteiger partial charge on any atom is 0.327 e. The number of urea groups is 1. The molecule has 1 unspecified atom stereocenters. The minimum atomic E-state index is -1.01. The highest BCUT2D eigenvalue weighted by Gasteiger charge is 2.53. The predicted octanol–water partition coefficient (Wildman–Crippen LogP) is 14.7. The molecule has 0 aromatic heterocycles. The van der Waals surface area contributed by atoms with E-state index >= 15 is 0 Å². The van der Waals surface area contributed by atoms with Crippen LogP contribution in [0.2, 0.25) is 0 Å². The molecule has 2 aromatic carbocycles. The van der Waals surface area contributed by atoms with Crippen LogP contribution in [0.4, 0.5) is 4.79 Å². The minimum absolute atomic E-state index is 0.160. The summed E-state index contributed by atoms with van der Waals surface area (Å²) in [6.45, 7) is 30.2. The molecular weight excluding hydrogens is 729 g/mol. The van der Waals surface area contributed by atoms with E-state index in [2.05, 4.69) is 102 Å². The van der Waals surface area contributed by atoms with Gasteiger partial charge in [0, 0.05) is 6.54 Å². The number of phenolic OH excluding ortho intramolecular Hbond substituents is 2. The summed E-state index contributed by atoms with van der Waals surface area (Å²) in [5.74, 6) is 0.482. The Morgan fingerprint density at radius 3 is 1.17 bits per heavy atom. The van der Waals surface area contributed by atoms with Crippen molar-refractivity contribution in [1.29, 1.82) is 0 Å². The van der Waals surface area contributed by atoms with Crippen molar-refractivity contribution in [2.24, 2.45) is 0 Å². The van der Waals surface area contributed by atoms with Crippen molar-refractivity contribution < 1.29 is 19.8 Å². The van der Waals surface area contributed by atoms with Crippen LogP contribution in [-0.2, 0) is 39.4 Å². The Balaban J connectivity index is 1.78. The Morgan fingerprint density at radius 2 is 0.831 bits per heavy atom. The van der Waals surface area contributed by atoms with Crippen LogP contribution in [0.25, 0.3) is 0 Å². The highest BCUT2D eigenvalue weighted by Crippen LogP contribution is 2.43. The van der Waals surface area contributed by atoms with Crippen LogP contribution in [0.5, 0.6) is 11.5 Å². The number of aryl methyl sites for hydroxylation is 1. The zero-order chi connectivity index (χ0) is 44.4. The average molecular weight is 817 g/mol. The molecule has 59 heavy (non-hydrogen) atoms. The lowest BCUT2D eigenvalue weighted by Crippen LogP contribution is -2.47. The van der Waals surface area contributed by atoms with E-state index in [0.717, 1.165) is 52.6 Å². The van der Waals surface area contributed by atoms with Crippen LogP contribution >= 0.6 is 0 Å². The van der Waals surface area contributed by atoms with Gasteiger partial charge in [-0.25, -0.2) is 4.79 Å². The number of hydrogen-bond acceptors (Lipinski definition) is 4. The summed E-state index contributed by atoms with van der Waals surface area (Å²) >= 11 is 0. The van der Waals surface area contributed by atoms with E-state index in [0.29, 0.717) is 30.9 Å². The molecular formula is C53H88N2O4. The topological polar surface area (TPSA) is 81.1 Å². The number of benzene rings is 2. The molecule has 0 bridgehead atoms. The van der Waals surface area contributed by atoms with E-state index in [1.54, 1.807) is 0 Å². The van der Waals surface area contributed by atoms with Crippen molar-refractivity contribution in [3.05, 3.63) is 57.6 Å². The fourth-order valence-electron chi connectivity index (χ4n) is 8.87. The van der Waals surface area contributed by atoms with Gasteiger partial charge in [-0.3, -0.25) is 9.69 Å². The third-order valence-corrected chi connectivity index (χ3v) is 12.8. The molecule has 1 aliphatic rings. The lowest BCUT2D eigenvalue weighted by molar-refractivity contribution is -0.133. The van der Waals surface area contributed by atoms with Crippen LogP contribution in [-0.4, -0.2) is 44.0 Å². The lowest BCUT2D eigenvalue weighted by Gasteiger charge is -2.33. The van der Waals surface area contributed by atoms with Crippen LogP contribution in [0.3, 0.4) is 0 Å². The summed E-state index contributed by atoms with van der Waals surface area (Å²) in [6, 6.07) is 7.95. The molecule has 1 aliphatic heterocycles. The number of aromatic hydroxyl groups is 2. The normalized spacial score (nSPS) is 16.8. The van der Waals surface area contributed by atoms with E-state index in [9.17, 15) is 19.8 Å². The van der Waals surface area contributed by atoms with Gasteiger partial charge in [0.05, 0.1) is 6.54 Å². The Kier molecular flexibility index (Phi) is 18.1. The van der Waals surface area contributed by atoms with E-state index in [1.807, 2.05) is 24.0 Å². The summed E-state index contributed by atoms with van der Waals surface area (Å²) in [6.07, 6.45) is 21.7. The molecule has 6 nitrogen and oxygen atoms in total. The SMILES string of the molecule is CCCCCCCCCCCCCCCCCCN1C(=O)N(Cc2cc(C(C)(C)C)c(O)c(C(C)(C)C)c2)C(=O)C1(C)CCc1cc(C(C)(C)C)c(O)c(C(C)(C)C)c1. The molecule has 2 aromatic rings. The molecule has 3 rings (SSSR count). The molecule has 1 fully saturated rings. The third kappa shape index (κ3) is 14.0. The molecule has 334 valence electrons. The number of amides is 3. The molecule has 0 saturated carbocycles. The van der Waals surface area contributed by atoms with Gasteiger partial charge in [-0.1, -0.05) is 198 Å². The second kappa shape index (κ2) is 21.2. The van der Waals surface area contributed by atoms with Crippen molar-refractivity contribution >= 4 is 11.9 Å². The van der Waals surface area contributed by atoms with Crippen molar-refractivity contribution in [3.8, 4) is 11.5 Å². The second-order valence-corrected chi connectivity index (χ2v) is 22.5. The molecule has 3 amide bonds. The lowest BCUT2D eigenvalue weighted by atomic mass is 9.77. The van der Waals surface area contributed by atoms with Gasteiger partial charge in [0.2, 0.25) is 0 Å². The first-order valence-corrected chi connectivity index (χ1v) is 23.7. The first kappa shape index (κ1) is 50.3. The zero-order valence-electron chi connectivity index (χ0n) is 40.6. The van der Waals surface area contributed by atoms with Crippen LogP contribution in [0.15, 0.2) is 24.3 Å². The predicted molar refractivity (Wildman–Crippen MR) is 250 cm³/mol. The van der Waals surface area contributed by atoms with E-state index in [1.165, 1.54) is 88.4 Å². The van der Waals surface area contributed by atoms with E-state index < -0.39 is 5.54 Å². The summed E-state index contributed by atoms with van der Waals surface area (Å²) in [5.41, 5.74) is 3.20. The van der Waals surface area contributed by atoms with Crippen LogP contribution < -0.4 is 0 Å². The maximum atomic E-state index is 14.8. The van der Waals surface area contributed by atoms with Gasteiger partial charge in [0.1, 0.15) is 17.0 Å². The maximum absolute atomic E-state index is 14.8. The number of rotatable bonds is 22. The summed E-state index contributed by atoms with van der Waals surface area (Å²) in [5, 5.41) is 22.8. The standard InChI is InChI=1S/C53H88N2O4/c1-15-16-17-18-19-20-21-22-23-24-25-26-27-28-29-30-33-55-48(59)54(38-40-36-43(51(8,9)10)46(57)44(37-40)52(11,12)13)47(58)53(55,14)32-31-39-34-41(49(2,3)4)45(56)42(35-39)50(5,6)7/h34-37,56-57H,15-33,38H2,1-14H3. The number of unbranched alkanes of at least 4 members (excludes halogenated alkanes) is 15. The van der Waals surface area contributed by atoms with Crippen LogP contribution in [0.1, 0.15) is 239 Å². The molecule has 1 atom stereocenters. The molecule has 0 radical (unpaired) electrons. The number of hydrogen-bond donors (Lipinski definition) is 2. The molecule has 6 heteroatoms. The number of carbonyl (C=O) groups excluding carboxylic acids is 2. The molecule has 0 aliphatic carbocycles. The zero-order valence-corrected chi connectivity index (χ0v) is 40.6. The largest absolute Gasteiger partial charge is 0.507 e. The monoisotopic (exact) mass is 817 g/mol. The fourth-order valence-corrected chi connectivity index (χ4v) is 8.87. The third-order valence-electron chi connectivity index (χ3n) is 12.8. The summed E-state index contributed by atoms with van der Waals surface area (Å²) < 4.78 is 0. The Bertz CT molecular complexity index is 1590. The van der Waals surface area contributed by atoms with Gasteiger partial charge < -0.3 is 15.1 Å². The van der Waals surface area contributed by atoms with Gasteiger partial charge in [0.25, 0.3) is 5.91 Å². The fraction of sp³-hybridized carbons (Fsp3) is 0.736. The van der Waals surface area contributed by atoms with Crippen LogP contribution in [0, 0.1) is 0 Å². The number of imide groups is 1. The first-order chi connectivity index (χ1) is 27.3. The van der Waals surface area contributed by atoms with E-state index in [4.69, 9.17) is 0 Å². The number of phenols is 2. The molecule has 1 heterocycles. The van der Waals surface area contributed by atoms with Crippen molar-refractivity contribution in [3.63, 3.8) is 0 Å². The Morgan fingerprint density at radius 1 is 0.508 bits per heavy atom. The smallest absolute Gasteiger partial charge is 0.327 e. The number of carbonyl (C=O) groups is 2. The minimum Gasteiger partial charge on any atom is -0.507 e. The Labute approximate surface area is 362 Å². The summed E-state index contributed by atoms with van der Waals surface area (Å²) in [7, 11) is 0. The molecule has 0 spiro atoms. The second-order valence-electron chi connectivity index (χ2n) is 22.5. The van der Waals surface area contributed by atoms with Crippen molar-refractivity contribution in [2.75, 3.05) is 6.54 Å². The van der Waals surface area contributed by atoms with Crippen molar-refractivity contribution in [1.82, 2.24) is 9.80 Å². The van der Waals surface area contributed by atoms with Gasteiger partial charge in [-0.2, -0.15) is 0 Å². The van der Waals surface area contributed by atoms with Gasteiger partial charge >= 0.3 is 6.03 Å². The molecule has 2 N–H and O–H groups in total. The highest BCUT2D eigenvalue weighted by molar-refractivity contribution is 6.06. The average Bonchev–Trinajstić information content (AvgIpc) is 3.29. The van der Waals surface area contributed by atoms with E-state index in [-0.39, 0.29) is 40.1 Å². The highest BCUT2D eigenvalue weighted by atomic mass is 16.3. The molecule has 1 saturated heterocycles. The van der Waals surface area contributed by atoms with Gasteiger partial charge in [-0.05, 0) is 93.4 Å². The van der Waals surface area contributed by atoms with Gasteiger partial charge in [0.15, 0.2) is 0 Å². The number of nitrogens with zero attached hydrogens (tertiary/aromatic N) is 2. The summed E-state index contributed by atoms with van der Waals surface area (Å²) in [4.78, 5) is 32.6. The quantitative estimate of drug-likeness (QED) is 0.0916. The van der Waals surface area contributed by atoms with Gasteiger partial charge in [-0.15, -0.1) is 0 Å². The Hall–Kier alpha value is -3.02.